The second-order valence-electron chi connectivity index (χ2n) is 7.10. The molecule has 1 aromatic carbocycles. The van der Waals surface area contributed by atoms with Crippen LogP contribution in [0.25, 0.3) is 10.9 Å². The number of fused-ring (bicyclic) bond motifs is 1. The number of carbonyl (C=O) groups excluding carboxylic acids is 1. The molecular weight excluding hydrogens is 364 g/mol. The van der Waals surface area contributed by atoms with Crippen LogP contribution in [0.3, 0.4) is 0 Å². The highest BCUT2D eigenvalue weighted by Gasteiger charge is 2.17. The summed E-state index contributed by atoms with van der Waals surface area (Å²) in [6.45, 7) is 5.30. The van der Waals surface area contributed by atoms with Crippen molar-refractivity contribution in [3.63, 3.8) is 0 Å². The summed E-state index contributed by atoms with van der Waals surface area (Å²) < 4.78 is 12.4. The van der Waals surface area contributed by atoms with Crippen molar-refractivity contribution in [2.24, 2.45) is 7.05 Å². The number of rotatable bonds is 4. The number of aromatic nitrogens is 3. The van der Waals surface area contributed by atoms with Crippen LogP contribution in [0.2, 0.25) is 0 Å². The zero-order valence-corrected chi connectivity index (χ0v) is 15.9. The standard InChI is InChI=1S/C19H20N4O5/c1-19(2,3)28-18(26)22-12-9-20-17(21-10-12)27-13-6-5-11-7-15(16(24)25)23(4)14(11)8-13/h5-10H,1-4H3,(H,22,26)(H,24,25). The summed E-state index contributed by atoms with van der Waals surface area (Å²) in [6.07, 6.45) is 2.19. The lowest BCUT2D eigenvalue weighted by molar-refractivity contribution is 0.0633. The summed E-state index contributed by atoms with van der Waals surface area (Å²) in [4.78, 5) is 31.1. The van der Waals surface area contributed by atoms with E-state index in [2.05, 4.69) is 15.3 Å². The van der Waals surface area contributed by atoms with Gasteiger partial charge in [-0.15, -0.1) is 0 Å². The van der Waals surface area contributed by atoms with Crippen LogP contribution in [0.15, 0.2) is 36.7 Å². The number of hydrogen-bond acceptors (Lipinski definition) is 6. The third-order valence-electron chi connectivity index (χ3n) is 3.72. The smallest absolute Gasteiger partial charge is 0.412 e. The van der Waals surface area contributed by atoms with Crippen LogP contribution in [0, 0.1) is 0 Å². The van der Waals surface area contributed by atoms with Gasteiger partial charge in [-0.25, -0.2) is 19.6 Å². The Balaban J connectivity index is 1.72. The maximum absolute atomic E-state index is 11.7. The van der Waals surface area contributed by atoms with E-state index in [1.807, 2.05) is 0 Å². The van der Waals surface area contributed by atoms with E-state index in [-0.39, 0.29) is 11.7 Å². The highest BCUT2D eigenvalue weighted by molar-refractivity contribution is 5.95. The zero-order valence-electron chi connectivity index (χ0n) is 15.9. The summed E-state index contributed by atoms with van der Waals surface area (Å²) in [7, 11) is 1.67. The predicted molar refractivity (Wildman–Crippen MR) is 102 cm³/mol. The Bertz CT molecular complexity index is 1030. The summed E-state index contributed by atoms with van der Waals surface area (Å²) in [5.74, 6) is -0.545. The number of nitrogens with zero attached hydrogens (tertiary/aromatic N) is 3. The number of ether oxygens (including phenoxy) is 2. The Kier molecular flexibility index (Phi) is 4.91. The highest BCUT2D eigenvalue weighted by atomic mass is 16.6. The van der Waals surface area contributed by atoms with Crippen molar-refractivity contribution in [1.29, 1.82) is 0 Å². The van der Waals surface area contributed by atoms with E-state index in [0.717, 1.165) is 5.39 Å². The van der Waals surface area contributed by atoms with Crippen LogP contribution in [0.4, 0.5) is 10.5 Å². The number of carboxylic acids is 1. The van der Waals surface area contributed by atoms with Gasteiger partial charge in [0, 0.05) is 18.5 Å². The lowest BCUT2D eigenvalue weighted by Gasteiger charge is -2.19. The van der Waals surface area contributed by atoms with Crippen molar-refractivity contribution in [2.45, 2.75) is 26.4 Å². The number of hydrogen-bond donors (Lipinski definition) is 2. The van der Waals surface area contributed by atoms with Crippen molar-refractivity contribution >= 4 is 28.7 Å². The molecule has 146 valence electrons. The first-order chi connectivity index (χ1) is 13.1. The molecule has 0 aliphatic heterocycles. The molecule has 0 spiro atoms. The first-order valence-electron chi connectivity index (χ1n) is 8.45. The fraction of sp³-hybridized carbons (Fsp3) is 0.263. The molecule has 0 atom stereocenters. The third kappa shape index (κ3) is 4.37. The fourth-order valence-corrected chi connectivity index (χ4v) is 2.54. The summed E-state index contributed by atoms with van der Waals surface area (Å²) in [6, 6.07) is 6.84. The van der Waals surface area contributed by atoms with Gasteiger partial charge in [-0.2, -0.15) is 0 Å². The summed E-state index contributed by atoms with van der Waals surface area (Å²) in [5.41, 5.74) is 0.647. The molecule has 0 fully saturated rings. The number of anilines is 1. The normalized spacial score (nSPS) is 11.3. The number of benzene rings is 1. The van der Waals surface area contributed by atoms with Gasteiger partial charge in [0.25, 0.3) is 0 Å². The van der Waals surface area contributed by atoms with Gasteiger partial charge >= 0.3 is 18.1 Å². The highest BCUT2D eigenvalue weighted by Crippen LogP contribution is 2.26. The quantitative estimate of drug-likeness (QED) is 0.703. The lowest BCUT2D eigenvalue weighted by atomic mass is 10.2. The van der Waals surface area contributed by atoms with E-state index < -0.39 is 17.7 Å². The van der Waals surface area contributed by atoms with Gasteiger partial charge in [0.1, 0.15) is 17.0 Å². The van der Waals surface area contributed by atoms with E-state index in [9.17, 15) is 14.7 Å². The van der Waals surface area contributed by atoms with Gasteiger partial charge in [0.2, 0.25) is 0 Å². The van der Waals surface area contributed by atoms with Gasteiger partial charge in [-0.05, 0) is 39.0 Å². The molecule has 0 bridgehead atoms. The molecule has 9 heteroatoms. The van der Waals surface area contributed by atoms with E-state index in [4.69, 9.17) is 9.47 Å². The average Bonchev–Trinajstić information content (AvgIpc) is 2.92. The van der Waals surface area contributed by atoms with E-state index >= 15 is 0 Å². The molecule has 2 heterocycles. The second-order valence-corrected chi connectivity index (χ2v) is 7.10. The number of nitrogens with one attached hydrogen (secondary N) is 1. The topological polar surface area (TPSA) is 116 Å². The Morgan fingerprint density at radius 3 is 2.43 bits per heavy atom. The van der Waals surface area contributed by atoms with E-state index in [0.29, 0.717) is 17.0 Å². The SMILES string of the molecule is Cn1c(C(=O)O)cc2ccc(Oc3ncc(NC(=O)OC(C)(C)C)cn3)cc21. The largest absolute Gasteiger partial charge is 0.477 e. The molecule has 28 heavy (non-hydrogen) atoms. The Morgan fingerprint density at radius 2 is 1.82 bits per heavy atom. The fourth-order valence-electron chi connectivity index (χ4n) is 2.54. The maximum atomic E-state index is 11.7. The molecule has 0 radical (unpaired) electrons. The average molecular weight is 384 g/mol. The summed E-state index contributed by atoms with van der Waals surface area (Å²) >= 11 is 0. The molecule has 0 aliphatic rings. The molecule has 0 aliphatic carbocycles. The number of aryl methyl sites for hydroxylation is 1. The van der Waals surface area contributed by atoms with Crippen molar-refractivity contribution in [1.82, 2.24) is 14.5 Å². The van der Waals surface area contributed by atoms with E-state index in [1.54, 1.807) is 56.7 Å². The van der Waals surface area contributed by atoms with Gasteiger partial charge in [0.05, 0.1) is 23.6 Å². The summed E-state index contributed by atoms with van der Waals surface area (Å²) in [5, 5.41) is 12.5. The van der Waals surface area contributed by atoms with Crippen molar-refractivity contribution in [3.8, 4) is 11.8 Å². The number of amides is 1. The van der Waals surface area contributed by atoms with Crippen LogP contribution < -0.4 is 10.1 Å². The van der Waals surface area contributed by atoms with Gasteiger partial charge < -0.3 is 19.1 Å². The molecule has 0 unspecified atom stereocenters. The van der Waals surface area contributed by atoms with E-state index in [1.165, 1.54) is 12.4 Å². The Morgan fingerprint density at radius 1 is 1.14 bits per heavy atom. The van der Waals surface area contributed by atoms with Crippen LogP contribution in [0.5, 0.6) is 11.8 Å². The second kappa shape index (κ2) is 7.18. The van der Waals surface area contributed by atoms with Crippen LogP contribution in [-0.2, 0) is 11.8 Å². The Hall–Kier alpha value is -3.62. The van der Waals surface area contributed by atoms with Crippen LogP contribution >= 0.6 is 0 Å². The number of aromatic carboxylic acids is 1. The monoisotopic (exact) mass is 384 g/mol. The minimum absolute atomic E-state index is 0.0850. The lowest BCUT2D eigenvalue weighted by Crippen LogP contribution is -2.27. The van der Waals surface area contributed by atoms with Gasteiger partial charge in [-0.3, -0.25) is 5.32 Å². The predicted octanol–water partition coefficient (Wildman–Crippen LogP) is 3.81. The molecule has 0 saturated carbocycles. The molecule has 3 aromatic rings. The first-order valence-corrected chi connectivity index (χ1v) is 8.45. The molecule has 0 saturated heterocycles. The van der Waals surface area contributed by atoms with Gasteiger partial charge in [0.15, 0.2) is 0 Å². The Labute approximate surface area is 160 Å². The molecule has 3 rings (SSSR count). The first kappa shape index (κ1) is 19.2. The van der Waals surface area contributed by atoms with Crippen molar-refractivity contribution in [3.05, 3.63) is 42.4 Å². The van der Waals surface area contributed by atoms with Gasteiger partial charge in [-0.1, -0.05) is 0 Å². The van der Waals surface area contributed by atoms with Crippen molar-refractivity contribution in [2.75, 3.05) is 5.32 Å². The molecule has 9 nitrogen and oxygen atoms in total. The van der Waals surface area contributed by atoms with Crippen LogP contribution in [-0.4, -0.2) is 37.3 Å². The number of carboxylic acid groups (broad SMARTS) is 1. The van der Waals surface area contributed by atoms with Crippen molar-refractivity contribution < 1.29 is 24.2 Å². The van der Waals surface area contributed by atoms with Crippen LogP contribution in [0.1, 0.15) is 31.3 Å². The molecular formula is C19H20N4O5. The minimum atomic E-state index is -1.00. The molecule has 1 amide bonds. The third-order valence-corrected chi connectivity index (χ3v) is 3.72. The zero-order chi connectivity index (χ0) is 20.5. The molecule has 2 N–H and O–H groups in total. The number of carbonyl (C=O) groups is 2. The maximum Gasteiger partial charge on any atom is 0.412 e. The molecule has 2 aromatic heterocycles. The minimum Gasteiger partial charge on any atom is -0.477 e.